The molecule has 0 aliphatic heterocycles. The van der Waals surface area contributed by atoms with Gasteiger partial charge >= 0.3 is 0 Å². The van der Waals surface area contributed by atoms with Crippen LogP contribution in [0.25, 0.3) is 0 Å². The lowest BCUT2D eigenvalue weighted by molar-refractivity contribution is 0.282. The van der Waals surface area contributed by atoms with Gasteiger partial charge in [0.15, 0.2) is 0 Å². The van der Waals surface area contributed by atoms with Crippen LogP contribution in [0.3, 0.4) is 0 Å². The van der Waals surface area contributed by atoms with Crippen LogP contribution in [0.15, 0.2) is 47.4 Å². The monoisotopic (exact) mass is 315 g/mol. The van der Waals surface area contributed by atoms with Crippen LogP contribution in [0, 0.1) is 5.82 Å². The van der Waals surface area contributed by atoms with E-state index in [0.717, 1.165) is 12.1 Å². The summed E-state index contributed by atoms with van der Waals surface area (Å²) in [6.45, 7) is -0.273. The largest absolute Gasteiger partial charge is 0.392 e. The van der Waals surface area contributed by atoms with Crippen LogP contribution in [0.2, 0.25) is 5.02 Å². The fourth-order valence-electron chi connectivity index (χ4n) is 1.56. The summed E-state index contributed by atoms with van der Waals surface area (Å²) in [7, 11) is -3.81. The molecular weight excluding hydrogens is 305 g/mol. The van der Waals surface area contributed by atoms with Crippen molar-refractivity contribution in [2.75, 3.05) is 4.72 Å². The van der Waals surface area contributed by atoms with Crippen molar-refractivity contribution < 1.29 is 17.9 Å². The van der Waals surface area contributed by atoms with Gasteiger partial charge in [-0.25, -0.2) is 12.8 Å². The first-order chi connectivity index (χ1) is 9.42. The zero-order valence-corrected chi connectivity index (χ0v) is 11.7. The Kier molecular flexibility index (Phi) is 4.27. The number of benzene rings is 2. The third-order valence-corrected chi connectivity index (χ3v) is 4.33. The first kappa shape index (κ1) is 14.8. The summed E-state index contributed by atoms with van der Waals surface area (Å²) in [5.74, 6) is -0.455. The lowest BCUT2D eigenvalue weighted by atomic mass is 10.2. The molecule has 0 radical (unpaired) electrons. The van der Waals surface area contributed by atoms with Gasteiger partial charge in [0.05, 0.1) is 11.5 Å². The van der Waals surface area contributed by atoms with Crippen molar-refractivity contribution in [2.45, 2.75) is 11.5 Å². The lowest BCUT2D eigenvalue weighted by Gasteiger charge is -2.09. The van der Waals surface area contributed by atoms with E-state index in [1.807, 2.05) is 0 Å². The van der Waals surface area contributed by atoms with E-state index in [-0.39, 0.29) is 22.2 Å². The number of aliphatic hydroxyl groups excluding tert-OH is 1. The van der Waals surface area contributed by atoms with Crippen molar-refractivity contribution in [3.8, 4) is 0 Å². The molecule has 2 rings (SSSR count). The summed E-state index contributed by atoms with van der Waals surface area (Å²) < 4.78 is 39.3. The van der Waals surface area contributed by atoms with Crippen LogP contribution < -0.4 is 4.72 Å². The van der Waals surface area contributed by atoms with E-state index in [0.29, 0.717) is 5.56 Å². The Balaban J connectivity index is 2.30. The summed E-state index contributed by atoms with van der Waals surface area (Å²) in [5.41, 5.74) is 0.682. The van der Waals surface area contributed by atoms with E-state index >= 15 is 0 Å². The smallest absolute Gasteiger partial charge is 0.261 e. The zero-order chi connectivity index (χ0) is 14.8. The Morgan fingerprint density at radius 2 is 1.80 bits per heavy atom. The Bertz CT molecular complexity index is 717. The standard InChI is InChI=1S/C13H11ClFNO3S/c14-13-7-12(6-1-9(13)8-17)20(18,19)16-11-4-2-10(15)3-5-11/h1-7,16-17H,8H2. The number of aliphatic hydroxyl groups is 1. The third kappa shape index (κ3) is 3.27. The topological polar surface area (TPSA) is 66.4 Å². The molecule has 0 saturated carbocycles. The molecular formula is C13H11ClFNO3S. The Labute approximate surface area is 120 Å². The maximum Gasteiger partial charge on any atom is 0.261 e. The fourth-order valence-corrected chi connectivity index (χ4v) is 2.94. The van der Waals surface area contributed by atoms with Crippen molar-refractivity contribution >= 4 is 27.3 Å². The van der Waals surface area contributed by atoms with Crippen LogP contribution in [0.5, 0.6) is 0 Å². The van der Waals surface area contributed by atoms with Crippen molar-refractivity contribution in [1.82, 2.24) is 0 Å². The molecule has 0 unspecified atom stereocenters. The first-order valence-electron chi connectivity index (χ1n) is 5.60. The minimum atomic E-state index is -3.81. The van der Waals surface area contributed by atoms with Gasteiger partial charge in [-0.05, 0) is 42.0 Å². The van der Waals surface area contributed by atoms with Crippen molar-refractivity contribution in [3.63, 3.8) is 0 Å². The SMILES string of the molecule is O=S(=O)(Nc1ccc(F)cc1)c1ccc(CO)c(Cl)c1. The van der Waals surface area contributed by atoms with Crippen LogP contribution in [0.4, 0.5) is 10.1 Å². The molecule has 2 aromatic carbocycles. The number of nitrogens with one attached hydrogen (secondary N) is 1. The zero-order valence-electron chi connectivity index (χ0n) is 10.2. The number of hydrogen-bond acceptors (Lipinski definition) is 3. The molecule has 0 atom stereocenters. The molecule has 0 fully saturated rings. The molecule has 0 saturated heterocycles. The molecule has 2 aromatic rings. The highest BCUT2D eigenvalue weighted by Crippen LogP contribution is 2.22. The fraction of sp³-hybridized carbons (Fsp3) is 0.0769. The van der Waals surface area contributed by atoms with Gasteiger partial charge in [0, 0.05) is 10.7 Å². The number of hydrogen-bond donors (Lipinski definition) is 2. The molecule has 0 heterocycles. The molecule has 0 aromatic heterocycles. The van der Waals surface area contributed by atoms with Crippen LogP contribution in [-0.2, 0) is 16.6 Å². The van der Waals surface area contributed by atoms with E-state index in [2.05, 4.69) is 4.72 Å². The Morgan fingerprint density at radius 1 is 1.15 bits per heavy atom. The van der Waals surface area contributed by atoms with Crippen molar-refractivity contribution in [2.24, 2.45) is 0 Å². The molecule has 4 nitrogen and oxygen atoms in total. The molecule has 106 valence electrons. The quantitative estimate of drug-likeness (QED) is 0.911. The predicted molar refractivity (Wildman–Crippen MR) is 74.6 cm³/mol. The number of anilines is 1. The maximum absolute atomic E-state index is 12.8. The first-order valence-corrected chi connectivity index (χ1v) is 7.46. The highest BCUT2D eigenvalue weighted by Gasteiger charge is 2.15. The summed E-state index contributed by atoms with van der Waals surface area (Å²) in [5, 5.41) is 9.15. The van der Waals surface area contributed by atoms with Gasteiger partial charge in [0.25, 0.3) is 10.0 Å². The summed E-state index contributed by atoms with van der Waals surface area (Å²) in [6, 6.07) is 8.95. The Hall–Kier alpha value is -1.63. The second kappa shape index (κ2) is 5.78. The number of rotatable bonds is 4. The lowest BCUT2D eigenvalue weighted by Crippen LogP contribution is -2.13. The summed E-state index contributed by atoms with van der Waals surface area (Å²) in [4.78, 5) is -0.0379. The molecule has 0 amide bonds. The highest BCUT2D eigenvalue weighted by molar-refractivity contribution is 7.92. The van der Waals surface area contributed by atoms with Gasteiger partial charge in [-0.1, -0.05) is 17.7 Å². The van der Waals surface area contributed by atoms with Crippen LogP contribution in [0.1, 0.15) is 5.56 Å². The van der Waals surface area contributed by atoms with E-state index < -0.39 is 15.8 Å². The molecule has 20 heavy (non-hydrogen) atoms. The normalized spacial score (nSPS) is 11.3. The minimum Gasteiger partial charge on any atom is -0.392 e. The van der Waals surface area contributed by atoms with E-state index in [1.165, 1.54) is 30.3 Å². The molecule has 0 aliphatic rings. The van der Waals surface area contributed by atoms with E-state index in [4.69, 9.17) is 16.7 Å². The van der Waals surface area contributed by atoms with Crippen molar-refractivity contribution in [3.05, 3.63) is 58.9 Å². The van der Waals surface area contributed by atoms with Gasteiger partial charge in [-0.15, -0.1) is 0 Å². The maximum atomic E-state index is 12.8. The second-order valence-electron chi connectivity index (χ2n) is 4.02. The minimum absolute atomic E-state index is 0.0379. The summed E-state index contributed by atoms with van der Waals surface area (Å²) >= 11 is 5.86. The van der Waals surface area contributed by atoms with Crippen molar-refractivity contribution in [1.29, 1.82) is 0 Å². The molecule has 0 bridgehead atoms. The molecule has 0 aliphatic carbocycles. The number of sulfonamides is 1. The highest BCUT2D eigenvalue weighted by atomic mass is 35.5. The number of halogens is 2. The summed E-state index contributed by atoms with van der Waals surface area (Å²) in [6.07, 6.45) is 0. The average Bonchev–Trinajstić information content (AvgIpc) is 2.41. The molecule has 7 heteroatoms. The van der Waals surface area contributed by atoms with Crippen LogP contribution in [-0.4, -0.2) is 13.5 Å². The van der Waals surface area contributed by atoms with Gasteiger partial charge in [0.1, 0.15) is 5.82 Å². The van der Waals surface area contributed by atoms with Crippen LogP contribution >= 0.6 is 11.6 Å². The van der Waals surface area contributed by atoms with E-state index in [1.54, 1.807) is 0 Å². The van der Waals surface area contributed by atoms with Gasteiger partial charge < -0.3 is 5.11 Å². The van der Waals surface area contributed by atoms with Gasteiger partial charge in [0.2, 0.25) is 0 Å². The van der Waals surface area contributed by atoms with E-state index in [9.17, 15) is 12.8 Å². The molecule has 2 N–H and O–H groups in total. The third-order valence-electron chi connectivity index (χ3n) is 2.60. The second-order valence-corrected chi connectivity index (χ2v) is 6.11. The molecule has 0 spiro atoms. The van der Waals surface area contributed by atoms with Gasteiger partial charge in [-0.2, -0.15) is 0 Å². The predicted octanol–water partition coefficient (Wildman–Crippen LogP) is 2.77. The van der Waals surface area contributed by atoms with Gasteiger partial charge in [-0.3, -0.25) is 4.72 Å². The Morgan fingerprint density at radius 3 is 2.35 bits per heavy atom. The average molecular weight is 316 g/mol.